The van der Waals surface area contributed by atoms with E-state index in [-0.39, 0.29) is 12.3 Å². The molecule has 3 nitrogen and oxygen atoms in total. The van der Waals surface area contributed by atoms with Gasteiger partial charge in [0.1, 0.15) is 0 Å². The first-order valence-electron chi connectivity index (χ1n) is 5.31. The van der Waals surface area contributed by atoms with Crippen LogP contribution in [0.3, 0.4) is 0 Å². The van der Waals surface area contributed by atoms with Gasteiger partial charge in [-0.1, -0.05) is 12.1 Å². The molecule has 0 fully saturated rings. The Balaban J connectivity index is 3.10. The molecule has 0 amide bonds. The molecular formula is C12H18N2O. The van der Waals surface area contributed by atoms with Crippen LogP contribution in [0, 0.1) is 0 Å². The average molecular weight is 206 g/mol. The van der Waals surface area contributed by atoms with Crippen LogP contribution < -0.4 is 10.6 Å². The van der Waals surface area contributed by atoms with Crippen molar-refractivity contribution in [1.82, 2.24) is 0 Å². The third kappa shape index (κ3) is 2.57. The lowest BCUT2D eigenvalue weighted by Crippen LogP contribution is -2.25. The molecule has 0 saturated heterocycles. The summed E-state index contributed by atoms with van der Waals surface area (Å²) in [5.41, 5.74) is 7.10. The zero-order valence-electron chi connectivity index (χ0n) is 9.36. The van der Waals surface area contributed by atoms with E-state index in [9.17, 15) is 4.79 Å². The highest BCUT2D eigenvalue weighted by Crippen LogP contribution is 2.20. The molecule has 3 heteroatoms. The summed E-state index contributed by atoms with van der Waals surface area (Å²) in [5.74, 6) is -0.00231. The minimum atomic E-state index is -0.00231. The number of nitrogens with zero attached hydrogens (tertiary/aromatic N) is 1. The smallest absolute Gasteiger partial charge is 0.178 e. The Morgan fingerprint density at radius 1 is 1.27 bits per heavy atom. The minimum Gasteiger partial charge on any atom is -0.372 e. The van der Waals surface area contributed by atoms with Crippen LogP contribution in [0.1, 0.15) is 24.2 Å². The number of ketones is 1. The molecule has 1 rings (SSSR count). The van der Waals surface area contributed by atoms with Gasteiger partial charge in [-0.25, -0.2) is 0 Å². The van der Waals surface area contributed by atoms with E-state index in [1.807, 2.05) is 24.3 Å². The molecule has 82 valence electrons. The molecule has 0 atom stereocenters. The molecule has 0 spiro atoms. The van der Waals surface area contributed by atoms with Gasteiger partial charge in [-0.3, -0.25) is 4.79 Å². The first-order chi connectivity index (χ1) is 7.24. The van der Waals surface area contributed by atoms with Gasteiger partial charge >= 0.3 is 0 Å². The Kier molecular flexibility index (Phi) is 4.31. The fourth-order valence-corrected chi connectivity index (χ4v) is 1.66. The van der Waals surface area contributed by atoms with Crippen molar-refractivity contribution in [3.8, 4) is 0 Å². The van der Waals surface area contributed by atoms with Gasteiger partial charge in [0.2, 0.25) is 0 Å². The summed E-state index contributed by atoms with van der Waals surface area (Å²) in [5, 5.41) is 0. The number of nitrogens with two attached hydrogens (primary N) is 1. The predicted octanol–water partition coefficient (Wildman–Crippen LogP) is 1.67. The van der Waals surface area contributed by atoms with Gasteiger partial charge in [0.25, 0.3) is 0 Å². The molecule has 0 aliphatic heterocycles. The SMILES string of the molecule is CCN(CC)c1ccccc1C(=O)CN. The number of hydrogen-bond donors (Lipinski definition) is 1. The summed E-state index contributed by atoms with van der Waals surface area (Å²) in [6.07, 6.45) is 0. The highest BCUT2D eigenvalue weighted by molar-refractivity contribution is 6.02. The van der Waals surface area contributed by atoms with E-state index in [0.717, 1.165) is 24.3 Å². The minimum absolute atomic E-state index is 0.00231. The van der Waals surface area contributed by atoms with Crippen molar-refractivity contribution in [3.05, 3.63) is 29.8 Å². The van der Waals surface area contributed by atoms with Crippen molar-refractivity contribution in [2.24, 2.45) is 5.73 Å². The second kappa shape index (κ2) is 5.51. The monoisotopic (exact) mass is 206 g/mol. The van der Waals surface area contributed by atoms with Crippen molar-refractivity contribution in [2.45, 2.75) is 13.8 Å². The summed E-state index contributed by atoms with van der Waals surface area (Å²) < 4.78 is 0. The Hall–Kier alpha value is -1.35. The fraction of sp³-hybridized carbons (Fsp3) is 0.417. The molecule has 1 aromatic carbocycles. The molecular weight excluding hydrogens is 188 g/mol. The van der Waals surface area contributed by atoms with Crippen molar-refractivity contribution in [2.75, 3.05) is 24.5 Å². The maximum absolute atomic E-state index is 11.6. The lowest BCUT2D eigenvalue weighted by atomic mass is 10.1. The zero-order chi connectivity index (χ0) is 11.3. The van der Waals surface area contributed by atoms with Gasteiger partial charge in [-0.05, 0) is 26.0 Å². The third-order valence-corrected chi connectivity index (χ3v) is 2.49. The van der Waals surface area contributed by atoms with Crippen LogP contribution in [0.15, 0.2) is 24.3 Å². The van der Waals surface area contributed by atoms with E-state index < -0.39 is 0 Å². The summed E-state index contributed by atoms with van der Waals surface area (Å²) >= 11 is 0. The van der Waals surface area contributed by atoms with Crippen LogP contribution in [-0.4, -0.2) is 25.4 Å². The van der Waals surface area contributed by atoms with Crippen molar-refractivity contribution < 1.29 is 4.79 Å². The molecule has 0 aliphatic rings. The number of rotatable bonds is 5. The quantitative estimate of drug-likeness (QED) is 0.745. The van der Waals surface area contributed by atoms with Gasteiger partial charge in [0.05, 0.1) is 6.54 Å². The number of carbonyl (C=O) groups is 1. The van der Waals surface area contributed by atoms with E-state index in [1.165, 1.54) is 0 Å². The number of carbonyl (C=O) groups excluding carboxylic acids is 1. The van der Waals surface area contributed by atoms with Crippen LogP contribution in [0.5, 0.6) is 0 Å². The van der Waals surface area contributed by atoms with Gasteiger partial charge in [0.15, 0.2) is 5.78 Å². The highest BCUT2D eigenvalue weighted by Gasteiger charge is 2.12. The third-order valence-electron chi connectivity index (χ3n) is 2.49. The molecule has 0 saturated carbocycles. The topological polar surface area (TPSA) is 46.3 Å². The van der Waals surface area contributed by atoms with Crippen LogP contribution in [0.2, 0.25) is 0 Å². The molecule has 0 aliphatic carbocycles. The molecule has 15 heavy (non-hydrogen) atoms. The second-order valence-corrected chi connectivity index (χ2v) is 3.32. The Bertz CT molecular complexity index is 332. The molecule has 0 unspecified atom stereocenters. The van der Waals surface area contributed by atoms with E-state index in [4.69, 9.17) is 5.73 Å². The Morgan fingerprint density at radius 2 is 1.87 bits per heavy atom. The highest BCUT2D eigenvalue weighted by atomic mass is 16.1. The van der Waals surface area contributed by atoms with Crippen LogP contribution in [0.25, 0.3) is 0 Å². The van der Waals surface area contributed by atoms with E-state index >= 15 is 0 Å². The van der Waals surface area contributed by atoms with Gasteiger partial charge in [-0.2, -0.15) is 0 Å². The van der Waals surface area contributed by atoms with Crippen molar-refractivity contribution >= 4 is 11.5 Å². The summed E-state index contributed by atoms with van der Waals surface area (Å²) in [7, 11) is 0. The number of Topliss-reactive ketones (excluding diaryl/α,β-unsaturated/α-hetero) is 1. The Morgan fingerprint density at radius 3 is 2.40 bits per heavy atom. The fourth-order valence-electron chi connectivity index (χ4n) is 1.66. The first-order valence-corrected chi connectivity index (χ1v) is 5.31. The zero-order valence-corrected chi connectivity index (χ0v) is 9.36. The number of para-hydroxylation sites is 1. The van der Waals surface area contributed by atoms with E-state index in [2.05, 4.69) is 18.7 Å². The largest absolute Gasteiger partial charge is 0.372 e. The molecule has 2 N–H and O–H groups in total. The number of hydrogen-bond acceptors (Lipinski definition) is 3. The molecule has 0 heterocycles. The van der Waals surface area contributed by atoms with E-state index in [1.54, 1.807) is 0 Å². The molecule has 0 bridgehead atoms. The molecule has 0 aromatic heterocycles. The summed E-state index contributed by atoms with van der Waals surface area (Å²) in [6.45, 7) is 6.01. The van der Waals surface area contributed by atoms with Crippen molar-refractivity contribution in [1.29, 1.82) is 0 Å². The lowest BCUT2D eigenvalue weighted by molar-refractivity contribution is 0.100. The first kappa shape index (κ1) is 11.7. The number of anilines is 1. The maximum Gasteiger partial charge on any atom is 0.178 e. The van der Waals surface area contributed by atoms with Crippen LogP contribution in [-0.2, 0) is 0 Å². The second-order valence-electron chi connectivity index (χ2n) is 3.32. The van der Waals surface area contributed by atoms with Gasteiger partial charge < -0.3 is 10.6 Å². The normalized spacial score (nSPS) is 10.1. The van der Waals surface area contributed by atoms with Gasteiger partial charge in [-0.15, -0.1) is 0 Å². The maximum atomic E-state index is 11.6. The van der Waals surface area contributed by atoms with Crippen molar-refractivity contribution in [3.63, 3.8) is 0 Å². The summed E-state index contributed by atoms with van der Waals surface area (Å²) in [6, 6.07) is 7.62. The Labute approximate surface area is 90.9 Å². The molecule has 0 radical (unpaired) electrons. The van der Waals surface area contributed by atoms with Gasteiger partial charge in [0, 0.05) is 24.3 Å². The van der Waals surface area contributed by atoms with E-state index in [0.29, 0.717) is 0 Å². The molecule has 1 aromatic rings. The predicted molar refractivity (Wildman–Crippen MR) is 63.4 cm³/mol. The van der Waals surface area contributed by atoms with Crippen LogP contribution >= 0.6 is 0 Å². The lowest BCUT2D eigenvalue weighted by Gasteiger charge is -2.23. The number of benzene rings is 1. The summed E-state index contributed by atoms with van der Waals surface area (Å²) in [4.78, 5) is 13.8. The average Bonchev–Trinajstić information content (AvgIpc) is 2.30. The van der Waals surface area contributed by atoms with Crippen LogP contribution in [0.4, 0.5) is 5.69 Å². The standard InChI is InChI=1S/C12H18N2O/c1-3-14(4-2)11-8-6-5-7-10(11)12(15)9-13/h5-8H,3-4,9,13H2,1-2H3.